The smallest absolute Gasteiger partial charge is 0.262 e. The molecule has 5 heteroatoms. The number of unbranched alkanes of at least 4 members (excludes halogenated alkanes) is 26. The molecule has 0 heterocycles. The van der Waals surface area contributed by atoms with E-state index < -0.39 is 9.15 Å². The first-order chi connectivity index (χ1) is 18.1. The minimum atomic E-state index is -3.40. The van der Waals surface area contributed by atoms with Crippen molar-refractivity contribution in [2.24, 2.45) is 0 Å². The molecular weight excluding hydrogens is 496 g/mol. The van der Waals surface area contributed by atoms with Gasteiger partial charge < -0.3 is 0 Å². The van der Waals surface area contributed by atoms with E-state index in [0.29, 0.717) is 12.4 Å². The summed E-state index contributed by atoms with van der Waals surface area (Å²) in [5, 5.41) is 0. The van der Waals surface area contributed by atoms with Gasteiger partial charge in [-0.15, -0.1) is 0 Å². The van der Waals surface area contributed by atoms with E-state index >= 15 is 0 Å². The molecule has 0 radical (unpaired) electrons. The molecule has 0 bridgehead atoms. The first-order valence-electron chi connectivity index (χ1n) is 16.7. The van der Waals surface area contributed by atoms with E-state index in [4.69, 9.17) is 4.18 Å². The summed E-state index contributed by atoms with van der Waals surface area (Å²) in [6.45, 7) is 4.90. The van der Waals surface area contributed by atoms with Crippen molar-refractivity contribution in [1.29, 1.82) is 0 Å². The average molecular weight is 563 g/mol. The third kappa shape index (κ3) is 32.4. The van der Waals surface area contributed by atoms with Crippen molar-refractivity contribution >= 4 is 19.9 Å². The van der Waals surface area contributed by atoms with E-state index in [1.807, 2.05) is 0 Å². The zero-order valence-corrected chi connectivity index (χ0v) is 26.9. The normalized spacial score (nSPS) is 11.9. The van der Waals surface area contributed by atoms with Crippen molar-refractivity contribution in [3.8, 4) is 0 Å². The lowest BCUT2D eigenvalue weighted by Gasteiger charge is -2.06. The van der Waals surface area contributed by atoms with Crippen LogP contribution in [0.2, 0.25) is 0 Å². The molecule has 0 aromatic heterocycles. The Balaban J connectivity index is 3.28. The highest BCUT2D eigenvalue weighted by molar-refractivity contribution is 8.70. The van der Waals surface area contributed by atoms with E-state index in [0.717, 1.165) is 36.5 Å². The lowest BCUT2D eigenvalue weighted by atomic mass is 10.0. The predicted molar refractivity (Wildman–Crippen MR) is 168 cm³/mol. The molecule has 224 valence electrons. The van der Waals surface area contributed by atoms with E-state index in [1.165, 1.54) is 154 Å². The van der Waals surface area contributed by atoms with Gasteiger partial charge in [-0.25, -0.2) is 0 Å². The molecular formula is C32H66O3S2. The van der Waals surface area contributed by atoms with Gasteiger partial charge in [0, 0.05) is 5.75 Å². The van der Waals surface area contributed by atoms with Gasteiger partial charge in [0.25, 0.3) is 0 Å². The molecule has 0 spiro atoms. The Bertz CT molecular complexity index is 482. The summed E-state index contributed by atoms with van der Waals surface area (Å²) >= 11 is 0. The summed E-state index contributed by atoms with van der Waals surface area (Å²) < 4.78 is 29.3. The van der Waals surface area contributed by atoms with Crippen molar-refractivity contribution in [3.63, 3.8) is 0 Å². The van der Waals surface area contributed by atoms with Crippen molar-refractivity contribution < 1.29 is 12.6 Å². The molecule has 37 heavy (non-hydrogen) atoms. The molecule has 0 atom stereocenters. The average Bonchev–Trinajstić information content (AvgIpc) is 2.88. The molecule has 0 N–H and O–H groups in total. The van der Waals surface area contributed by atoms with Gasteiger partial charge in [-0.05, 0) is 23.6 Å². The number of hydrogen-bond donors (Lipinski definition) is 0. The maximum Gasteiger partial charge on any atom is 0.322 e. The van der Waals surface area contributed by atoms with Crippen molar-refractivity contribution in [3.05, 3.63) is 0 Å². The highest BCUT2D eigenvalue weighted by Gasteiger charge is 2.11. The largest absolute Gasteiger partial charge is 0.322 e. The lowest BCUT2D eigenvalue weighted by molar-refractivity contribution is 0.316. The van der Waals surface area contributed by atoms with Crippen molar-refractivity contribution in [1.82, 2.24) is 0 Å². The molecule has 3 nitrogen and oxygen atoms in total. The van der Waals surface area contributed by atoms with Gasteiger partial charge >= 0.3 is 9.15 Å². The first kappa shape index (κ1) is 37.3. The standard InChI is InChI=1S/C32H66O3S2/c1-3-5-7-9-11-13-15-17-19-21-23-25-27-29-31-35-37(33,34)36-32-30-28-26-24-22-20-18-16-14-12-10-8-6-4-2/h3-32H2,1-2H3. The van der Waals surface area contributed by atoms with Crippen LogP contribution in [0.5, 0.6) is 0 Å². The first-order valence-corrected chi connectivity index (χ1v) is 19.6. The SMILES string of the molecule is CCCCCCCCCCCCCCCCOS(=O)(=O)SCCCCCCCCCCCCCCCC. The lowest BCUT2D eigenvalue weighted by Crippen LogP contribution is -2.03. The Kier molecular flexibility index (Phi) is 31.0. The Morgan fingerprint density at radius 2 is 0.676 bits per heavy atom. The summed E-state index contributed by atoms with van der Waals surface area (Å²) in [5.41, 5.74) is 0. The second-order valence-corrected chi connectivity index (χ2v) is 14.9. The maximum atomic E-state index is 12.0. The maximum absolute atomic E-state index is 12.0. The summed E-state index contributed by atoms with van der Waals surface area (Å²) in [6.07, 6.45) is 36.8. The van der Waals surface area contributed by atoms with Crippen LogP contribution < -0.4 is 0 Å². The monoisotopic (exact) mass is 562 g/mol. The minimum absolute atomic E-state index is 0.353. The molecule has 0 aromatic carbocycles. The van der Waals surface area contributed by atoms with Crippen LogP contribution in [0.1, 0.15) is 194 Å². The second-order valence-electron chi connectivity index (χ2n) is 11.2. The molecule has 0 amide bonds. The number of hydrogen-bond acceptors (Lipinski definition) is 4. The van der Waals surface area contributed by atoms with Crippen molar-refractivity contribution in [2.75, 3.05) is 12.4 Å². The topological polar surface area (TPSA) is 43.4 Å². The Labute approximate surface area is 238 Å². The fourth-order valence-electron chi connectivity index (χ4n) is 4.95. The molecule has 0 aliphatic heterocycles. The molecule has 0 unspecified atom stereocenters. The molecule has 0 saturated carbocycles. The zero-order valence-electron chi connectivity index (χ0n) is 25.3. The van der Waals surface area contributed by atoms with Crippen LogP contribution in [0.3, 0.4) is 0 Å². The molecule has 0 aliphatic rings. The summed E-state index contributed by atoms with van der Waals surface area (Å²) in [5.74, 6) is 0.666. The molecule has 0 saturated heterocycles. The Morgan fingerprint density at radius 3 is 1.00 bits per heavy atom. The van der Waals surface area contributed by atoms with E-state index in [1.54, 1.807) is 0 Å². The van der Waals surface area contributed by atoms with Gasteiger partial charge in [-0.2, -0.15) is 8.42 Å². The third-order valence-electron chi connectivity index (χ3n) is 7.45. The van der Waals surface area contributed by atoms with Crippen LogP contribution in [0, 0.1) is 0 Å². The van der Waals surface area contributed by atoms with Crippen LogP contribution >= 0.6 is 10.8 Å². The third-order valence-corrected chi connectivity index (χ3v) is 10.3. The van der Waals surface area contributed by atoms with Gasteiger partial charge in [0.1, 0.15) is 0 Å². The minimum Gasteiger partial charge on any atom is -0.262 e. The second kappa shape index (κ2) is 30.8. The summed E-state index contributed by atoms with van der Waals surface area (Å²) in [6, 6.07) is 0. The molecule has 0 aromatic rings. The van der Waals surface area contributed by atoms with Crippen molar-refractivity contribution in [2.45, 2.75) is 194 Å². The highest BCUT2D eigenvalue weighted by Crippen LogP contribution is 2.19. The summed E-state index contributed by atoms with van der Waals surface area (Å²) in [7, 11) is -2.40. The molecule has 0 rings (SSSR count). The Hall–Kier alpha value is 0.260. The highest BCUT2D eigenvalue weighted by atomic mass is 33.1. The van der Waals surface area contributed by atoms with E-state index in [9.17, 15) is 8.42 Å². The van der Waals surface area contributed by atoms with Crippen LogP contribution in [0.25, 0.3) is 0 Å². The van der Waals surface area contributed by atoms with Gasteiger partial charge in [-0.3, -0.25) is 4.18 Å². The van der Waals surface area contributed by atoms with E-state index in [-0.39, 0.29) is 0 Å². The van der Waals surface area contributed by atoms with E-state index in [2.05, 4.69) is 13.8 Å². The van der Waals surface area contributed by atoms with Crippen LogP contribution in [0.4, 0.5) is 0 Å². The zero-order chi connectivity index (χ0) is 27.1. The predicted octanol–water partition coefficient (Wildman–Crippen LogP) is 11.9. The van der Waals surface area contributed by atoms with Gasteiger partial charge in [0.2, 0.25) is 0 Å². The molecule has 0 aliphatic carbocycles. The van der Waals surface area contributed by atoms with Gasteiger partial charge in [0.15, 0.2) is 0 Å². The molecule has 0 fully saturated rings. The summed E-state index contributed by atoms with van der Waals surface area (Å²) in [4.78, 5) is 0. The van der Waals surface area contributed by atoms with Gasteiger partial charge in [-0.1, -0.05) is 181 Å². The van der Waals surface area contributed by atoms with Crippen LogP contribution in [-0.4, -0.2) is 20.8 Å². The van der Waals surface area contributed by atoms with Crippen LogP contribution in [-0.2, 0) is 13.3 Å². The quantitative estimate of drug-likeness (QED) is 0.0604. The number of rotatable bonds is 32. The van der Waals surface area contributed by atoms with Crippen LogP contribution in [0.15, 0.2) is 0 Å². The fourth-order valence-corrected chi connectivity index (χ4v) is 7.24. The Morgan fingerprint density at radius 1 is 0.405 bits per heavy atom. The van der Waals surface area contributed by atoms with Gasteiger partial charge in [0.05, 0.1) is 6.61 Å². The fraction of sp³-hybridized carbons (Fsp3) is 1.00.